The molecule has 0 aliphatic heterocycles. The van der Waals surface area contributed by atoms with Crippen molar-refractivity contribution >= 4 is 5.97 Å². The maximum atomic E-state index is 10.6. The van der Waals surface area contributed by atoms with E-state index >= 15 is 0 Å². The summed E-state index contributed by atoms with van der Waals surface area (Å²) in [6, 6.07) is 6.45. The predicted molar refractivity (Wildman–Crippen MR) is 46.9 cm³/mol. The first kappa shape index (κ1) is 9.70. The van der Waals surface area contributed by atoms with Crippen LogP contribution in [-0.4, -0.2) is 16.2 Å². The van der Waals surface area contributed by atoms with Gasteiger partial charge in [-0.15, -0.1) is 0 Å². The van der Waals surface area contributed by atoms with Gasteiger partial charge in [0.05, 0.1) is 0 Å². The van der Waals surface area contributed by atoms with Gasteiger partial charge in [0.2, 0.25) is 5.72 Å². The monoisotopic (exact) mass is 181 g/mol. The Kier molecular flexibility index (Phi) is 2.36. The summed E-state index contributed by atoms with van der Waals surface area (Å²) in [7, 11) is 0. The lowest BCUT2D eigenvalue weighted by atomic mass is 10.0. The first-order valence-corrected chi connectivity index (χ1v) is 3.76. The highest BCUT2D eigenvalue weighted by Crippen LogP contribution is 2.16. The third-order valence-corrected chi connectivity index (χ3v) is 1.78. The number of aryl methyl sites for hydroxylation is 1. The summed E-state index contributed by atoms with van der Waals surface area (Å²) in [5.41, 5.74) is 3.94. The van der Waals surface area contributed by atoms with Gasteiger partial charge in [-0.3, -0.25) is 5.73 Å². The second kappa shape index (κ2) is 3.16. The van der Waals surface area contributed by atoms with Crippen LogP contribution in [-0.2, 0) is 10.5 Å². The second-order valence-corrected chi connectivity index (χ2v) is 2.94. The molecule has 4 N–H and O–H groups in total. The highest BCUT2D eigenvalue weighted by molar-refractivity contribution is 5.78. The van der Waals surface area contributed by atoms with E-state index in [-0.39, 0.29) is 5.56 Å². The molecule has 0 aliphatic rings. The molecular weight excluding hydrogens is 170 g/mol. The van der Waals surface area contributed by atoms with E-state index in [1.807, 2.05) is 0 Å². The van der Waals surface area contributed by atoms with Crippen LogP contribution < -0.4 is 5.73 Å². The van der Waals surface area contributed by atoms with Crippen LogP contribution in [0.3, 0.4) is 0 Å². The molecule has 0 bridgehead atoms. The Hall–Kier alpha value is -1.39. The normalized spacial score (nSPS) is 15.0. The van der Waals surface area contributed by atoms with E-state index in [4.69, 9.17) is 10.8 Å². The topological polar surface area (TPSA) is 83.5 Å². The third-order valence-electron chi connectivity index (χ3n) is 1.78. The van der Waals surface area contributed by atoms with Crippen LogP contribution >= 0.6 is 0 Å². The minimum Gasteiger partial charge on any atom is -0.478 e. The standard InChI is InChI=1S/C9H11NO3/c1-6-3-2-4-7(5-6)9(10,13)8(11)12/h2-5,13H,10H2,1H3,(H,11,12). The molecule has 1 aromatic rings. The Bertz CT molecular complexity index is 333. The number of nitrogens with two attached hydrogens (primary N) is 1. The Labute approximate surface area is 75.6 Å². The third kappa shape index (κ3) is 1.85. The number of carbonyl (C=O) groups is 1. The molecule has 4 heteroatoms. The zero-order valence-corrected chi connectivity index (χ0v) is 7.19. The summed E-state index contributed by atoms with van der Waals surface area (Å²) in [5.74, 6) is -1.46. The molecule has 70 valence electrons. The molecule has 0 spiro atoms. The minimum absolute atomic E-state index is 0.181. The number of aliphatic hydroxyl groups is 1. The van der Waals surface area contributed by atoms with Gasteiger partial charge in [-0.25, -0.2) is 4.79 Å². The molecule has 0 aliphatic carbocycles. The smallest absolute Gasteiger partial charge is 0.356 e. The number of benzene rings is 1. The molecular formula is C9H11NO3. The van der Waals surface area contributed by atoms with Gasteiger partial charge in [0.1, 0.15) is 0 Å². The van der Waals surface area contributed by atoms with E-state index in [1.54, 1.807) is 19.1 Å². The Morgan fingerprint density at radius 3 is 2.62 bits per heavy atom. The van der Waals surface area contributed by atoms with Crippen LogP contribution in [0, 0.1) is 6.92 Å². The van der Waals surface area contributed by atoms with Gasteiger partial charge in [0.15, 0.2) is 0 Å². The molecule has 0 radical (unpaired) electrons. The second-order valence-electron chi connectivity index (χ2n) is 2.94. The van der Waals surface area contributed by atoms with Gasteiger partial charge in [-0.05, 0) is 6.92 Å². The van der Waals surface area contributed by atoms with Gasteiger partial charge in [0, 0.05) is 5.56 Å². The molecule has 0 amide bonds. The van der Waals surface area contributed by atoms with Crippen LogP contribution in [0.15, 0.2) is 24.3 Å². The van der Waals surface area contributed by atoms with Crippen LogP contribution in [0.4, 0.5) is 0 Å². The molecule has 0 heterocycles. The van der Waals surface area contributed by atoms with Gasteiger partial charge >= 0.3 is 5.97 Å². The van der Waals surface area contributed by atoms with Crippen molar-refractivity contribution in [1.29, 1.82) is 0 Å². The van der Waals surface area contributed by atoms with Crippen molar-refractivity contribution in [2.75, 3.05) is 0 Å². The molecule has 13 heavy (non-hydrogen) atoms. The van der Waals surface area contributed by atoms with Gasteiger partial charge in [0.25, 0.3) is 0 Å². The maximum Gasteiger partial charge on any atom is 0.356 e. The molecule has 1 unspecified atom stereocenters. The molecule has 1 atom stereocenters. The molecule has 0 saturated heterocycles. The molecule has 0 fully saturated rings. The van der Waals surface area contributed by atoms with E-state index in [0.29, 0.717) is 0 Å². The fourth-order valence-corrected chi connectivity index (χ4v) is 1.01. The molecule has 1 rings (SSSR count). The quantitative estimate of drug-likeness (QED) is 0.568. The van der Waals surface area contributed by atoms with Crippen molar-refractivity contribution in [2.24, 2.45) is 5.73 Å². The Morgan fingerprint density at radius 1 is 1.54 bits per heavy atom. The van der Waals surface area contributed by atoms with Crippen LogP contribution in [0.5, 0.6) is 0 Å². The highest BCUT2D eigenvalue weighted by atomic mass is 16.4. The minimum atomic E-state index is -2.30. The number of carboxylic acids is 1. The lowest BCUT2D eigenvalue weighted by Crippen LogP contribution is -2.44. The van der Waals surface area contributed by atoms with E-state index in [1.165, 1.54) is 12.1 Å². The van der Waals surface area contributed by atoms with E-state index in [2.05, 4.69) is 0 Å². The molecule has 0 saturated carbocycles. The molecule has 0 aromatic heterocycles. The van der Waals surface area contributed by atoms with Crippen molar-refractivity contribution in [1.82, 2.24) is 0 Å². The van der Waals surface area contributed by atoms with Crippen molar-refractivity contribution in [2.45, 2.75) is 12.6 Å². The average molecular weight is 181 g/mol. The molecule has 4 nitrogen and oxygen atoms in total. The van der Waals surface area contributed by atoms with Crippen LogP contribution in [0.25, 0.3) is 0 Å². The average Bonchev–Trinajstić information content (AvgIpc) is 2.04. The largest absolute Gasteiger partial charge is 0.478 e. The van der Waals surface area contributed by atoms with Crippen LogP contribution in [0.2, 0.25) is 0 Å². The Morgan fingerprint density at radius 2 is 2.15 bits per heavy atom. The lowest BCUT2D eigenvalue weighted by molar-refractivity contribution is -0.159. The summed E-state index contributed by atoms with van der Waals surface area (Å²) >= 11 is 0. The number of hydrogen-bond acceptors (Lipinski definition) is 3. The summed E-state index contributed by atoms with van der Waals surface area (Å²) in [6.07, 6.45) is 0. The highest BCUT2D eigenvalue weighted by Gasteiger charge is 2.32. The van der Waals surface area contributed by atoms with Crippen molar-refractivity contribution in [3.05, 3.63) is 35.4 Å². The number of rotatable bonds is 2. The van der Waals surface area contributed by atoms with Gasteiger partial charge in [-0.1, -0.05) is 29.8 Å². The first-order valence-electron chi connectivity index (χ1n) is 3.76. The Balaban J connectivity index is 3.14. The first-order chi connectivity index (χ1) is 5.94. The van der Waals surface area contributed by atoms with Crippen molar-refractivity contribution < 1.29 is 15.0 Å². The van der Waals surface area contributed by atoms with Crippen molar-refractivity contribution in [3.63, 3.8) is 0 Å². The summed E-state index contributed by atoms with van der Waals surface area (Å²) in [5, 5.41) is 18.0. The van der Waals surface area contributed by atoms with E-state index < -0.39 is 11.7 Å². The maximum absolute atomic E-state index is 10.6. The van der Waals surface area contributed by atoms with E-state index in [9.17, 15) is 9.90 Å². The molecule has 1 aromatic carbocycles. The zero-order chi connectivity index (χ0) is 10.1. The number of carboxylic acid groups (broad SMARTS) is 1. The zero-order valence-electron chi connectivity index (χ0n) is 7.19. The fourth-order valence-electron chi connectivity index (χ4n) is 1.01. The van der Waals surface area contributed by atoms with Gasteiger partial charge < -0.3 is 10.2 Å². The summed E-state index contributed by atoms with van der Waals surface area (Å²) in [6.45, 7) is 1.79. The number of hydrogen-bond donors (Lipinski definition) is 3. The van der Waals surface area contributed by atoms with Gasteiger partial charge in [-0.2, -0.15) is 0 Å². The fraction of sp³-hybridized carbons (Fsp3) is 0.222. The summed E-state index contributed by atoms with van der Waals surface area (Å²) < 4.78 is 0. The lowest BCUT2D eigenvalue weighted by Gasteiger charge is -2.18. The van der Waals surface area contributed by atoms with E-state index in [0.717, 1.165) is 5.56 Å². The predicted octanol–water partition coefficient (Wildman–Crippen LogP) is 0.183. The summed E-state index contributed by atoms with van der Waals surface area (Å²) in [4.78, 5) is 10.6. The van der Waals surface area contributed by atoms with Crippen LogP contribution in [0.1, 0.15) is 11.1 Å². The van der Waals surface area contributed by atoms with Crippen molar-refractivity contribution in [3.8, 4) is 0 Å². The number of aliphatic carboxylic acids is 1. The SMILES string of the molecule is Cc1cccc(C(N)(O)C(=O)O)c1.